The number of nitrogens with zero attached hydrogens (tertiary/aromatic N) is 1. The summed E-state index contributed by atoms with van der Waals surface area (Å²) < 4.78 is 27.1. The molecule has 0 radical (unpaired) electrons. The predicted octanol–water partition coefficient (Wildman–Crippen LogP) is 3.82. The summed E-state index contributed by atoms with van der Waals surface area (Å²) in [5.74, 6) is 0. The highest BCUT2D eigenvalue weighted by atomic mass is 16.7. The minimum absolute atomic E-state index is 0.346. The van der Waals surface area contributed by atoms with Gasteiger partial charge in [0.1, 0.15) is 0 Å². The molecule has 0 saturated carbocycles. The predicted molar refractivity (Wildman–Crippen MR) is 151 cm³/mol. The Kier molecular flexibility index (Phi) is 5.92. The molecule has 36 heavy (non-hydrogen) atoms. The van der Waals surface area contributed by atoms with Crippen LogP contribution in [0.15, 0.2) is 60.7 Å². The molecule has 0 bridgehead atoms. The molecule has 8 heteroatoms. The molecule has 0 unspecified atom stereocenters. The van der Waals surface area contributed by atoms with E-state index in [9.17, 15) is 0 Å². The van der Waals surface area contributed by atoms with Gasteiger partial charge in [0.05, 0.1) is 22.4 Å². The first-order valence-electron chi connectivity index (χ1n) is 12.8. The van der Waals surface area contributed by atoms with Gasteiger partial charge in [-0.2, -0.15) is 0 Å². The monoisotopic (exact) mass is 483 g/mol. The Morgan fingerprint density at radius 1 is 0.500 bits per heavy atom. The first-order valence-corrected chi connectivity index (χ1v) is 12.8. The summed E-state index contributed by atoms with van der Waals surface area (Å²) >= 11 is 0. The van der Waals surface area contributed by atoms with Crippen LogP contribution in [0.1, 0.15) is 55.4 Å². The fourth-order valence-electron chi connectivity index (χ4n) is 4.67. The molecule has 186 valence electrons. The average molecular weight is 483 g/mol. The van der Waals surface area contributed by atoms with Crippen LogP contribution in [0.2, 0.25) is 0 Å². The molecule has 2 aliphatic rings. The minimum Gasteiger partial charge on any atom is -0.399 e. The maximum atomic E-state index is 6.21. The molecule has 3 aromatic rings. The lowest BCUT2D eigenvalue weighted by Gasteiger charge is -2.32. The van der Waals surface area contributed by atoms with Crippen LogP contribution in [0.4, 0.5) is 0 Å². The maximum absolute atomic E-state index is 6.21. The van der Waals surface area contributed by atoms with Crippen LogP contribution in [0.25, 0.3) is 22.5 Å². The SMILES string of the molecule is Bn1c(-c2ccc(B3OC(C)(C)C(C)(C)O3)cc2)ccc1-c1ccc(B2OC(C)(C)C(C)(C)O2)cc1. The van der Waals surface area contributed by atoms with E-state index >= 15 is 0 Å². The van der Waals surface area contributed by atoms with Crippen molar-refractivity contribution in [3.05, 3.63) is 60.7 Å². The number of benzene rings is 2. The molecule has 3 heterocycles. The Balaban J connectivity index is 1.33. The standard InChI is InChI=1S/C28H36B3NO4/c1-25(2)26(3,4)34-30(33-25)21-13-9-19(10-14-21)23-17-18-24(32(23)29)20-11-15-22(16-12-20)31-35-27(5,6)28(7,8)36-31/h9-18H,29H2,1-8H3. The van der Waals surface area contributed by atoms with Crippen molar-refractivity contribution in [1.82, 2.24) is 4.48 Å². The second kappa shape index (κ2) is 8.39. The van der Waals surface area contributed by atoms with Crippen LogP contribution in [0.5, 0.6) is 0 Å². The van der Waals surface area contributed by atoms with Gasteiger partial charge in [0, 0.05) is 11.4 Å². The van der Waals surface area contributed by atoms with Crippen molar-refractivity contribution in [3.63, 3.8) is 0 Å². The van der Waals surface area contributed by atoms with Crippen molar-refractivity contribution in [3.8, 4) is 22.5 Å². The van der Waals surface area contributed by atoms with Gasteiger partial charge < -0.3 is 23.1 Å². The highest BCUT2D eigenvalue weighted by Gasteiger charge is 2.52. The molecule has 2 fully saturated rings. The lowest BCUT2D eigenvalue weighted by Crippen LogP contribution is -2.41. The lowest BCUT2D eigenvalue weighted by molar-refractivity contribution is 0.00578. The van der Waals surface area contributed by atoms with E-state index in [1.807, 2.05) is 0 Å². The summed E-state index contributed by atoms with van der Waals surface area (Å²) in [5, 5.41) is 0. The summed E-state index contributed by atoms with van der Waals surface area (Å²) in [4.78, 5) is 0. The molecule has 1 aromatic heterocycles. The Morgan fingerprint density at radius 2 is 0.778 bits per heavy atom. The molecular weight excluding hydrogens is 447 g/mol. The van der Waals surface area contributed by atoms with Gasteiger partial charge in [-0.1, -0.05) is 48.5 Å². The molecule has 2 aromatic carbocycles. The molecule has 5 nitrogen and oxygen atoms in total. The Bertz CT molecular complexity index is 1130. The normalized spacial score (nSPS) is 21.8. The molecule has 2 saturated heterocycles. The smallest absolute Gasteiger partial charge is 0.399 e. The molecule has 0 N–H and O–H groups in total. The van der Waals surface area contributed by atoms with E-state index in [4.69, 9.17) is 18.6 Å². The van der Waals surface area contributed by atoms with Gasteiger partial charge in [0.25, 0.3) is 0 Å². The van der Waals surface area contributed by atoms with Crippen molar-refractivity contribution >= 4 is 33.1 Å². The summed E-state index contributed by atoms with van der Waals surface area (Å²) in [5.41, 5.74) is 5.29. The van der Waals surface area contributed by atoms with E-state index in [0.29, 0.717) is 0 Å². The average Bonchev–Trinajstić information content (AvgIpc) is 3.36. The van der Waals surface area contributed by atoms with E-state index < -0.39 is 0 Å². The van der Waals surface area contributed by atoms with Crippen LogP contribution in [0, 0.1) is 0 Å². The fourth-order valence-corrected chi connectivity index (χ4v) is 4.67. The molecule has 0 amide bonds. The summed E-state index contributed by atoms with van der Waals surface area (Å²) in [6.45, 7) is 16.6. The number of hydrogen-bond acceptors (Lipinski definition) is 4. The van der Waals surface area contributed by atoms with Crippen molar-refractivity contribution in [1.29, 1.82) is 0 Å². The van der Waals surface area contributed by atoms with Crippen LogP contribution in [0.3, 0.4) is 0 Å². The number of rotatable bonds is 4. The van der Waals surface area contributed by atoms with E-state index in [2.05, 4.69) is 129 Å². The van der Waals surface area contributed by atoms with Crippen molar-refractivity contribution in [2.24, 2.45) is 0 Å². The van der Waals surface area contributed by atoms with Gasteiger partial charge in [0.15, 0.2) is 0 Å². The maximum Gasteiger partial charge on any atom is 0.494 e. The highest BCUT2D eigenvalue weighted by Crippen LogP contribution is 2.38. The largest absolute Gasteiger partial charge is 0.494 e. The first-order chi connectivity index (χ1) is 16.7. The second-order valence-corrected chi connectivity index (χ2v) is 12.1. The fraction of sp³-hybridized carbons (Fsp3) is 0.429. The third-order valence-electron chi connectivity index (χ3n) is 8.59. The van der Waals surface area contributed by atoms with Gasteiger partial charge >= 0.3 is 14.2 Å². The molecule has 5 rings (SSSR count). The summed E-state index contributed by atoms with van der Waals surface area (Å²) in [7, 11) is 1.40. The number of aromatic nitrogens is 1. The third-order valence-corrected chi connectivity index (χ3v) is 8.59. The van der Waals surface area contributed by atoms with Crippen LogP contribution >= 0.6 is 0 Å². The van der Waals surface area contributed by atoms with E-state index in [-0.39, 0.29) is 36.6 Å². The van der Waals surface area contributed by atoms with Crippen LogP contribution in [-0.4, -0.2) is 49.1 Å². The molecule has 0 spiro atoms. The molecule has 0 atom stereocenters. The lowest BCUT2D eigenvalue weighted by atomic mass is 9.78. The Morgan fingerprint density at radius 3 is 1.06 bits per heavy atom. The summed E-state index contributed by atoms with van der Waals surface area (Å²) in [6.07, 6.45) is 0. The van der Waals surface area contributed by atoms with Gasteiger partial charge in [-0.05, 0) is 89.6 Å². The van der Waals surface area contributed by atoms with E-state index in [0.717, 1.165) is 33.4 Å². The topological polar surface area (TPSA) is 41.9 Å². The highest BCUT2D eigenvalue weighted by molar-refractivity contribution is 6.62. The van der Waals surface area contributed by atoms with Crippen molar-refractivity contribution in [2.75, 3.05) is 0 Å². The first kappa shape index (κ1) is 25.4. The number of hydrogen-bond donors (Lipinski definition) is 0. The molecule has 0 aliphatic carbocycles. The zero-order valence-corrected chi connectivity index (χ0v) is 23.0. The second-order valence-electron chi connectivity index (χ2n) is 12.1. The van der Waals surface area contributed by atoms with Gasteiger partial charge in [-0.25, -0.2) is 0 Å². The quantitative estimate of drug-likeness (QED) is 0.530. The van der Waals surface area contributed by atoms with Crippen LogP contribution in [-0.2, 0) is 18.6 Å². The van der Waals surface area contributed by atoms with E-state index in [1.165, 1.54) is 0 Å². The molecule has 2 aliphatic heterocycles. The van der Waals surface area contributed by atoms with Gasteiger partial charge in [-0.3, -0.25) is 0 Å². The summed E-state index contributed by atoms with van der Waals surface area (Å²) in [6, 6.07) is 21.3. The molecular formula is C28H36B3NO4. The van der Waals surface area contributed by atoms with Gasteiger partial charge in [-0.15, -0.1) is 0 Å². The minimum atomic E-state index is -0.351. The van der Waals surface area contributed by atoms with Crippen LogP contribution < -0.4 is 10.9 Å². The van der Waals surface area contributed by atoms with Gasteiger partial charge in [0.2, 0.25) is 7.98 Å². The van der Waals surface area contributed by atoms with Crippen molar-refractivity contribution < 1.29 is 18.6 Å². The zero-order valence-electron chi connectivity index (χ0n) is 23.0. The zero-order chi connectivity index (χ0) is 26.1. The Labute approximate surface area is 217 Å². The third kappa shape index (κ3) is 4.18. The Hall–Kier alpha value is -2.25. The van der Waals surface area contributed by atoms with Crippen molar-refractivity contribution in [2.45, 2.75) is 77.8 Å². The van der Waals surface area contributed by atoms with E-state index in [1.54, 1.807) is 0 Å².